The van der Waals surface area contributed by atoms with Crippen LogP contribution in [-0.2, 0) is 4.74 Å². The molecule has 0 saturated carbocycles. The average Bonchev–Trinajstić information content (AvgIpc) is 2.88. The van der Waals surface area contributed by atoms with E-state index in [1.165, 1.54) is 12.8 Å². The van der Waals surface area contributed by atoms with E-state index in [0.29, 0.717) is 5.92 Å². The van der Waals surface area contributed by atoms with Crippen LogP contribution in [-0.4, -0.2) is 36.7 Å². The number of hydrogen-bond acceptors (Lipinski definition) is 3. The molecular formula is C11H18N2O. The highest BCUT2D eigenvalue weighted by Crippen LogP contribution is 2.33. The van der Waals surface area contributed by atoms with Gasteiger partial charge in [0.15, 0.2) is 0 Å². The molecule has 2 rings (SSSR count). The van der Waals surface area contributed by atoms with Crippen molar-refractivity contribution in [3.8, 4) is 6.07 Å². The Labute approximate surface area is 85.6 Å². The molecule has 0 bridgehead atoms. The zero-order valence-electron chi connectivity index (χ0n) is 8.83. The molecule has 0 aliphatic carbocycles. The first-order valence-corrected chi connectivity index (χ1v) is 5.51. The van der Waals surface area contributed by atoms with E-state index in [9.17, 15) is 5.26 Å². The molecule has 3 nitrogen and oxygen atoms in total. The first-order valence-electron chi connectivity index (χ1n) is 5.51. The molecule has 0 radical (unpaired) electrons. The fraction of sp³-hybridized carbons (Fsp3) is 0.909. The monoisotopic (exact) mass is 194 g/mol. The molecule has 2 aliphatic heterocycles. The lowest BCUT2D eigenvalue weighted by atomic mass is 9.85. The number of nitriles is 1. The molecule has 2 fully saturated rings. The minimum Gasteiger partial charge on any atom is -0.381 e. The lowest BCUT2D eigenvalue weighted by molar-refractivity contribution is 0.102. The minimum atomic E-state index is -0.285. The molecule has 14 heavy (non-hydrogen) atoms. The Balaban J connectivity index is 2.11. The van der Waals surface area contributed by atoms with Gasteiger partial charge in [0.2, 0.25) is 0 Å². The maximum atomic E-state index is 9.36. The van der Waals surface area contributed by atoms with Crippen LogP contribution in [0.15, 0.2) is 0 Å². The van der Waals surface area contributed by atoms with Crippen molar-refractivity contribution in [3.05, 3.63) is 0 Å². The van der Waals surface area contributed by atoms with Gasteiger partial charge in [0, 0.05) is 12.5 Å². The predicted octanol–water partition coefficient (Wildman–Crippen LogP) is 1.40. The first kappa shape index (κ1) is 9.95. The highest BCUT2D eigenvalue weighted by atomic mass is 16.5. The Morgan fingerprint density at radius 1 is 1.43 bits per heavy atom. The van der Waals surface area contributed by atoms with Crippen molar-refractivity contribution in [2.75, 3.05) is 26.3 Å². The van der Waals surface area contributed by atoms with Crippen LogP contribution in [0.4, 0.5) is 0 Å². The maximum absolute atomic E-state index is 9.36. The van der Waals surface area contributed by atoms with Crippen molar-refractivity contribution >= 4 is 0 Å². The number of rotatable bonds is 2. The van der Waals surface area contributed by atoms with Crippen LogP contribution in [0.2, 0.25) is 0 Å². The topological polar surface area (TPSA) is 36.3 Å². The van der Waals surface area contributed by atoms with Gasteiger partial charge in [0.25, 0.3) is 0 Å². The Bertz CT molecular complexity index is 218. The molecule has 0 amide bonds. The molecule has 0 spiro atoms. The summed E-state index contributed by atoms with van der Waals surface area (Å²) in [5.74, 6) is 0.408. The average molecular weight is 194 g/mol. The molecule has 0 aromatic heterocycles. The quantitative estimate of drug-likeness (QED) is 0.666. The molecule has 2 aliphatic rings. The van der Waals surface area contributed by atoms with Crippen LogP contribution >= 0.6 is 0 Å². The highest BCUT2D eigenvalue weighted by molar-refractivity contribution is 5.10. The lowest BCUT2D eigenvalue weighted by Gasteiger charge is -2.36. The second-order valence-corrected chi connectivity index (χ2v) is 4.51. The molecule has 78 valence electrons. The SMILES string of the molecule is CC(C#N)(C1CCOC1)N1CCCC1. The van der Waals surface area contributed by atoms with Gasteiger partial charge in [-0.3, -0.25) is 4.90 Å². The molecule has 2 saturated heterocycles. The maximum Gasteiger partial charge on any atom is 0.111 e. The highest BCUT2D eigenvalue weighted by Gasteiger charge is 2.42. The first-order chi connectivity index (χ1) is 6.77. The van der Waals surface area contributed by atoms with Crippen molar-refractivity contribution in [1.82, 2.24) is 4.90 Å². The molecule has 2 atom stereocenters. The number of nitrogens with zero attached hydrogens (tertiary/aromatic N) is 2. The van der Waals surface area contributed by atoms with Crippen LogP contribution in [0.3, 0.4) is 0 Å². The fourth-order valence-electron chi connectivity index (χ4n) is 2.58. The molecule has 0 N–H and O–H groups in total. The van der Waals surface area contributed by atoms with Gasteiger partial charge >= 0.3 is 0 Å². The molecular weight excluding hydrogens is 176 g/mol. The van der Waals surface area contributed by atoms with E-state index in [0.717, 1.165) is 32.7 Å². The normalized spacial score (nSPS) is 32.7. The third-order valence-corrected chi connectivity index (χ3v) is 3.71. The number of likely N-dealkylation sites (tertiary alicyclic amines) is 1. The van der Waals surface area contributed by atoms with E-state index in [-0.39, 0.29) is 5.54 Å². The van der Waals surface area contributed by atoms with Crippen LogP contribution in [0.1, 0.15) is 26.2 Å². The smallest absolute Gasteiger partial charge is 0.111 e. The summed E-state index contributed by atoms with van der Waals surface area (Å²) in [7, 11) is 0. The summed E-state index contributed by atoms with van der Waals surface area (Å²) in [6, 6.07) is 2.51. The molecule has 2 heterocycles. The van der Waals surface area contributed by atoms with Crippen LogP contribution < -0.4 is 0 Å². The van der Waals surface area contributed by atoms with E-state index in [1.807, 2.05) is 0 Å². The molecule has 0 aromatic carbocycles. The van der Waals surface area contributed by atoms with Crippen LogP contribution in [0, 0.1) is 17.2 Å². The summed E-state index contributed by atoms with van der Waals surface area (Å²) in [5, 5.41) is 9.36. The Morgan fingerprint density at radius 2 is 2.14 bits per heavy atom. The lowest BCUT2D eigenvalue weighted by Crippen LogP contribution is -2.49. The van der Waals surface area contributed by atoms with Gasteiger partial charge in [0.05, 0.1) is 12.7 Å². The van der Waals surface area contributed by atoms with Gasteiger partial charge in [-0.25, -0.2) is 0 Å². The molecule has 3 heteroatoms. The molecule has 0 aromatic rings. The van der Waals surface area contributed by atoms with E-state index in [2.05, 4.69) is 17.9 Å². The van der Waals surface area contributed by atoms with Gasteiger partial charge in [-0.05, 0) is 39.3 Å². The van der Waals surface area contributed by atoms with E-state index < -0.39 is 0 Å². The van der Waals surface area contributed by atoms with Gasteiger partial charge in [-0.15, -0.1) is 0 Å². The third-order valence-electron chi connectivity index (χ3n) is 3.71. The minimum absolute atomic E-state index is 0.285. The van der Waals surface area contributed by atoms with Gasteiger partial charge < -0.3 is 4.74 Å². The zero-order chi connectivity index (χ0) is 10.0. The Kier molecular flexibility index (Phi) is 2.76. The van der Waals surface area contributed by atoms with Crippen molar-refractivity contribution in [3.63, 3.8) is 0 Å². The van der Waals surface area contributed by atoms with Gasteiger partial charge in [-0.2, -0.15) is 5.26 Å². The summed E-state index contributed by atoms with van der Waals surface area (Å²) < 4.78 is 5.39. The van der Waals surface area contributed by atoms with Crippen LogP contribution in [0.25, 0.3) is 0 Å². The molecule has 2 unspecified atom stereocenters. The van der Waals surface area contributed by atoms with Gasteiger partial charge in [0.1, 0.15) is 5.54 Å². The Hall–Kier alpha value is -0.590. The third kappa shape index (κ3) is 1.53. The standard InChI is InChI=1S/C11H18N2O/c1-11(9-12,10-4-7-14-8-10)13-5-2-3-6-13/h10H,2-8H2,1H3. The number of hydrogen-bond donors (Lipinski definition) is 0. The predicted molar refractivity (Wildman–Crippen MR) is 53.8 cm³/mol. The summed E-state index contributed by atoms with van der Waals surface area (Å²) in [6.07, 6.45) is 3.52. The summed E-state index contributed by atoms with van der Waals surface area (Å²) in [5.41, 5.74) is -0.285. The van der Waals surface area contributed by atoms with E-state index in [1.54, 1.807) is 0 Å². The fourth-order valence-corrected chi connectivity index (χ4v) is 2.58. The van der Waals surface area contributed by atoms with Gasteiger partial charge in [-0.1, -0.05) is 0 Å². The van der Waals surface area contributed by atoms with Crippen molar-refractivity contribution in [2.45, 2.75) is 31.7 Å². The summed E-state index contributed by atoms with van der Waals surface area (Å²) in [6.45, 7) is 5.84. The van der Waals surface area contributed by atoms with E-state index in [4.69, 9.17) is 4.74 Å². The summed E-state index contributed by atoms with van der Waals surface area (Å²) in [4.78, 5) is 2.34. The number of ether oxygens (including phenoxy) is 1. The van der Waals surface area contributed by atoms with E-state index >= 15 is 0 Å². The van der Waals surface area contributed by atoms with Crippen molar-refractivity contribution in [1.29, 1.82) is 5.26 Å². The largest absolute Gasteiger partial charge is 0.381 e. The second kappa shape index (κ2) is 3.88. The zero-order valence-corrected chi connectivity index (χ0v) is 8.83. The Morgan fingerprint density at radius 3 is 2.64 bits per heavy atom. The van der Waals surface area contributed by atoms with Crippen LogP contribution in [0.5, 0.6) is 0 Å². The van der Waals surface area contributed by atoms with Crippen molar-refractivity contribution in [2.24, 2.45) is 5.92 Å². The van der Waals surface area contributed by atoms with Crippen molar-refractivity contribution < 1.29 is 4.74 Å². The summed E-state index contributed by atoms with van der Waals surface area (Å²) >= 11 is 0. The second-order valence-electron chi connectivity index (χ2n) is 4.51.